The molecular weight excluding hydrogens is 510 g/mol. The minimum Gasteiger partial charge on any atom is -0.486 e. The van der Waals surface area contributed by atoms with Gasteiger partial charge in [0.25, 0.3) is 0 Å². The first kappa shape index (κ1) is 22.6. The number of aryl methyl sites for hydroxylation is 1. The molecule has 0 amide bonds. The van der Waals surface area contributed by atoms with E-state index in [1.54, 1.807) is 24.3 Å². The lowest BCUT2D eigenvalue weighted by atomic mass is 10.1. The van der Waals surface area contributed by atoms with Gasteiger partial charge in [-0.1, -0.05) is 57.5 Å². The number of aromatic nitrogens is 3. The Balaban J connectivity index is 1.57. The zero-order valence-electron chi connectivity index (χ0n) is 17.2. The van der Waals surface area contributed by atoms with E-state index in [1.165, 1.54) is 11.8 Å². The summed E-state index contributed by atoms with van der Waals surface area (Å²) in [6.07, 6.45) is 0. The molecule has 0 radical (unpaired) electrons. The molecule has 0 atom stereocenters. The smallest absolute Gasteiger partial charge is 0.196 e. The third-order valence-electron chi connectivity index (χ3n) is 4.74. The highest BCUT2D eigenvalue weighted by molar-refractivity contribution is 9.10. The third kappa shape index (κ3) is 5.41. The topological polar surface area (TPSA) is 57.0 Å². The standard InChI is InChI=1S/C24H19BrClN3O2S/c1-16-4-2-3-5-21(16)29-23(14-31-20-12-8-18(25)9-13-20)27-28-24(29)32-15-22(30)17-6-10-19(26)11-7-17/h2-13H,14-15H2,1H3. The van der Waals surface area contributed by atoms with Gasteiger partial charge in [-0.25, -0.2) is 0 Å². The summed E-state index contributed by atoms with van der Waals surface area (Å²) in [5.41, 5.74) is 2.64. The average Bonchev–Trinajstić information content (AvgIpc) is 3.20. The Kier molecular flexibility index (Phi) is 7.29. The summed E-state index contributed by atoms with van der Waals surface area (Å²) in [5.74, 6) is 1.63. The molecule has 0 fully saturated rings. The highest BCUT2D eigenvalue weighted by Gasteiger charge is 2.18. The summed E-state index contributed by atoms with van der Waals surface area (Å²) in [5, 5.41) is 9.95. The number of ketones is 1. The molecule has 5 nitrogen and oxygen atoms in total. The number of hydrogen-bond acceptors (Lipinski definition) is 5. The molecule has 0 N–H and O–H groups in total. The van der Waals surface area contributed by atoms with E-state index in [1.807, 2.05) is 60.0 Å². The van der Waals surface area contributed by atoms with Gasteiger partial charge in [0.15, 0.2) is 16.8 Å². The van der Waals surface area contributed by atoms with Gasteiger partial charge in [0, 0.05) is 15.1 Å². The van der Waals surface area contributed by atoms with Gasteiger partial charge >= 0.3 is 0 Å². The maximum absolute atomic E-state index is 12.6. The molecule has 0 aliphatic carbocycles. The predicted molar refractivity (Wildman–Crippen MR) is 131 cm³/mol. The van der Waals surface area contributed by atoms with Crippen LogP contribution in [-0.4, -0.2) is 26.3 Å². The Morgan fingerprint density at radius 2 is 1.75 bits per heavy atom. The number of para-hydroxylation sites is 1. The van der Waals surface area contributed by atoms with Gasteiger partial charge in [0.2, 0.25) is 0 Å². The van der Waals surface area contributed by atoms with E-state index >= 15 is 0 Å². The zero-order chi connectivity index (χ0) is 22.5. The van der Waals surface area contributed by atoms with Gasteiger partial charge in [-0.3, -0.25) is 9.36 Å². The van der Waals surface area contributed by atoms with Gasteiger partial charge < -0.3 is 4.74 Å². The molecule has 0 bridgehead atoms. The third-order valence-corrected chi connectivity index (χ3v) is 6.45. The number of ether oxygens (including phenoxy) is 1. The highest BCUT2D eigenvalue weighted by atomic mass is 79.9. The lowest BCUT2D eigenvalue weighted by molar-refractivity contribution is 0.102. The Bertz CT molecular complexity index is 1230. The number of Topliss-reactive ketones (excluding diaryl/α,β-unsaturated/α-hetero) is 1. The van der Waals surface area contributed by atoms with E-state index in [9.17, 15) is 4.79 Å². The number of carbonyl (C=O) groups excluding carboxylic acids is 1. The van der Waals surface area contributed by atoms with Crippen molar-refractivity contribution in [3.63, 3.8) is 0 Å². The second-order valence-corrected chi connectivity index (χ2v) is 9.28. The van der Waals surface area contributed by atoms with Crippen molar-refractivity contribution in [1.29, 1.82) is 0 Å². The van der Waals surface area contributed by atoms with Crippen molar-refractivity contribution >= 4 is 45.1 Å². The van der Waals surface area contributed by atoms with Crippen LogP contribution in [0.2, 0.25) is 5.02 Å². The van der Waals surface area contributed by atoms with Gasteiger partial charge in [-0.15, -0.1) is 10.2 Å². The van der Waals surface area contributed by atoms with E-state index < -0.39 is 0 Å². The maximum atomic E-state index is 12.6. The van der Waals surface area contributed by atoms with Crippen LogP contribution in [0.1, 0.15) is 21.7 Å². The molecule has 0 aliphatic rings. The fraction of sp³-hybridized carbons (Fsp3) is 0.125. The monoisotopic (exact) mass is 527 g/mol. The number of carbonyl (C=O) groups is 1. The molecule has 32 heavy (non-hydrogen) atoms. The molecule has 0 saturated carbocycles. The summed E-state index contributed by atoms with van der Waals surface area (Å²) in [7, 11) is 0. The van der Waals surface area contributed by atoms with Crippen LogP contribution in [0.4, 0.5) is 0 Å². The molecule has 1 aromatic heterocycles. The van der Waals surface area contributed by atoms with Crippen LogP contribution in [0.3, 0.4) is 0 Å². The minimum absolute atomic E-state index is 0.00124. The molecule has 8 heteroatoms. The van der Waals surface area contributed by atoms with Crippen molar-refractivity contribution in [3.05, 3.63) is 99.2 Å². The Hall–Kier alpha value is -2.61. The summed E-state index contributed by atoms with van der Waals surface area (Å²) >= 11 is 10.7. The van der Waals surface area contributed by atoms with Crippen LogP contribution < -0.4 is 4.74 Å². The van der Waals surface area contributed by atoms with E-state index in [4.69, 9.17) is 16.3 Å². The Morgan fingerprint density at radius 1 is 1.03 bits per heavy atom. The molecule has 1 heterocycles. The fourth-order valence-electron chi connectivity index (χ4n) is 3.07. The number of thioether (sulfide) groups is 1. The van der Waals surface area contributed by atoms with E-state index in [-0.39, 0.29) is 18.1 Å². The van der Waals surface area contributed by atoms with E-state index in [2.05, 4.69) is 26.1 Å². The molecule has 4 rings (SSSR count). The molecule has 0 unspecified atom stereocenters. The summed E-state index contributed by atoms with van der Waals surface area (Å²) in [6, 6.07) is 22.5. The van der Waals surface area contributed by atoms with Gasteiger partial charge in [0.1, 0.15) is 12.4 Å². The molecule has 3 aromatic carbocycles. The first-order valence-corrected chi connectivity index (χ1v) is 12.0. The highest BCUT2D eigenvalue weighted by Crippen LogP contribution is 2.26. The second kappa shape index (κ2) is 10.3. The lowest BCUT2D eigenvalue weighted by Crippen LogP contribution is -2.09. The Morgan fingerprint density at radius 3 is 2.47 bits per heavy atom. The first-order valence-electron chi connectivity index (χ1n) is 9.81. The lowest BCUT2D eigenvalue weighted by Gasteiger charge is -2.13. The van der Waals surface area contributed by atoms with Crippen LogP contribution in [0, 0.1) is 6.92 Å². The minimum atomic E-state index is -0.00124. The quantitative estimate of drug-likeness (QED) is 0.192. The van der Waals surface area contributed by atoms with Crippen molar-refractivity contribution in [2.24, 2.45) is 0 Å². The second-order valence-electron chi connectivity index (χ2n) is 6.98. The van der Waals surface area contributed by atoms with Crippen molar-refractivity contribution in [3.8, 4) is 11.4 Å². The zero-order valence-corrected chi connectivity index (χ0v) is 20.3. The molecule has 162 valence electrons. The van der Waals surface area contributed by atoms with Crippen LogP contribution in [0.5, 0.6) is 5.75 Å². The number of nitrogens with zero attached hydrogens (tertiary/aromatic N) is 3. The number of rotatable bonds is 8. The predicted octanol–water partition coefficient (Wildman–Crippen LogP) is 6.55. The number of halogens is 2. The Labute approximate surface area is 203 Å². The van der Waals surface area contributed by atoms with Gasteiger partial charge in [0.05, 0.1) is 11.4 Å². The van der Waals surface area contributed by atoms with Crippen molar-refractivity contribution in [2.45, 2.75) is 18.7 Å². The van der Waals surface area contributed by atoms with Gasteiger partial charge in [-0.05, 0) is 67.1 Å². The van der Waals surface area contributed by atoms with Crippen molar-refractivity contribution in [2.75, 3.05) is 5.75 Å². The normalized spacial score (nSPS) is 10.8. The molecule has 4 aromatic rings. The van der Waals surface area contributed by atoms with Gasteiger partial charge in [-0.2, -0.15) is 0 Å². The van der Waals surface area contributed by atoms with Crippen molar-refractivity contribution in [1.82, 2.24) is 14.8 Å². The number of hydrogen-bond donors (Lipinski definition) is 0. The van der Waals surface area contributed by atoms with E-state index in [0.29, 0.717) is 21.6 Å². The first-order chi connectivity index (χ1) is 15.5. The maximum Gasteiger partial charge on any atom is 0.196 e. The summed E-state index contributed by atoms with van der Waals surface area (Å²) < 4.78 is 8.87. The average molecular weight is 529 g/mol. The molecule has 0 spiro atoms. The van der Waals surface area contributed by atoms with Crippen LogP contribution in [-0.2, 0) is 6.61 Å². The van der Waals surface area contributed by atoms with E-state index in [0.717, 1.165) is 21.5 Å². The van der Waals surface area contributed by atoms with Crippen molar-refractivity contribution < 1.29 is 9.53 Å². The number of benzene rings is 3. The van der Waals surface area contributed by atoms with Crippen LogP contribution in [0.15, 0.2) is 82.4 Å². The fourth-order valence-corrected chi connectivity index (χ4v) is 4.32. The summed E-state index contributed by atoms with van der Waals surface area (Å²) in [4.78, 5) is 12.6. The SMILES string of the molecule is Cc1ccccc1-n1c(COc2ccc(Br)cc2)nnc1SCC(=O)c1ccc(Cl)cc1. The molecular formula is C24H19BrClN3O2S. The van der Waals surface area contributed by atoms with Crippen LogP contribution in [0.25, 0.3) is 5.69 Å². The molecule has 0 saturated heterocycles. The summed E-state index contributed by atoms with van der Waals surface area (Å²) in [6.45, 7) is 2.27. The van der Waals surface area contributed by atoms with Crippen LogP contribution >= 0.6 is 39.3 Å². The molecule has 0 aliphatic heterocycles. The largest absolute Gasteiger partial charge is 0.486 e.